The molecule has 0 saturated carbocycles. The Morgan fingerprint density at radius 2 is 2.08 bits per heavy atom. The molecule has 1 fully saturated rings. The van der Waals surface area contributed by atoms with Crippen LogP contribution in [0.1, 0.15) is 23.1 Å². The highest BCUT2D eigenvalue weighted by Gasteiger charge is 2.71. The molecule has 1 spiro atoms. The lowest BCUT2D eigenvalue weighted by Crippen LogP contribution is -2.76. The molecule has 0 aromatic heterocycles. The van der Waals surface area contributed by atoms with Gasteiger partial charge in [0, 0.05) is 24.7 Å². The summed E-state index contributed by atoms with van der Waals surface area (Å²) in [6.45, 7) is 0.718. The van der Waals surface area contributed by atoms with E-state index in [1.807, 2.05) is 13.1 Å². The van der Waals surface area contributed by atoms with Gasteiger partial charge in [-0.05, 0) is 61.8 Å². The molecule has 2 aromatic carbocycles. The van der Waals surface area contributed by atoms with Crippen molar-refractivity contribution in [3.8, 4) is 17.2 Å². The molecular formula is C28H27F3N2O5. The second kappa shape index (κ2) is 8.25. The number of amides is 1. The van der Waals surface area contributed by atoms with Gasteiger partial charge in [-0.3, -0.25) is 9.69 Å². The van der Waals surface area contributed by atoms with E-state index in [1.54, 1.807) is 31.3 Å². The average molecular weight is 529 g/mol. The third-order valence-electron chi connectivity index (χ3n) is 8.59. The highest BCUT2D eigenvalue weighted by molar-refractivity contribution is 5.92. The first-order valence-electron chi connectivity index (χ1n) is 12.4. The maximum Gasteiger partial charge on any atom is 0.573 e. The number of halogens is 3. The van der Waals surface area contributed by atoms with Crippen molar-refractivity contribution in [3.05, 3.63) is 71.3 Å². The molecule has 2 aromatic rings. The zero-order valence-electron chi connectivity index (χ0n) is 20.8. The van der Waals surface area contributed by atoms with Crippen LogP contribution in [0.3, 0.4) is 0 Å². The first-order chi connectivity index (χ1) is 17.9. The van der Waals surface area contributed by atoms with Crippen molar-refractivity contribution < 1.29 is 37.7 Å². The van der Waals surface area contributed by atoms with Gasteiger partial charge in [0.25, 0.3) is 0 Å². The van der Waals surface area contributed by atoms with Gasteiger partial charge in [0.15, 0.2) is 11.5 Å². The normalized spacial score (nSPS) is 31.2. The predicted octanol–water partition coefficient (Wildman–Crippen LogP) is 3.39. The first kappa shape index (κ1) is 24.8. The van der Waals surface area contributed by atoms with Gasteiger partial charge in [-0.25, -0.2) is 0 Å². The average Bonchev–Trinajstić information content (AvgIpc) is 3.21. The summed E-state index contributed by atoms with van der Waals surface area (Å²) in [4.78, 5) is 16.9. The molecular weight excluding hydrogens is 501 g/mol. The summed E-state index contributed by atoms with van der Waals surface area (Å²) in [5.41, 5.74) is 0.121. The van der Waals surface area contributed by atoms with Crippen molar-refractivity contribution in [2.24, 2.45) is 0 Å². The summed E-state index contributed by atoms with van der Waals surface area (Å²) in [5.74, 6) is -0.412. The van der Waals surface area contributed by atoms with Gasteiger partial charge in [-0.15, -0.1) is 13.2 Å². The molecule has 200 valence electrons. The summed E-state index contributed by atoms with van der Waals surface area (Å²) >= 11 is 0. The fraction of sp³-hybridized carbons (Fsp3) is 0.393. The highest BCUT2D eigenvalue weighted by atomic mass is 19.4. The van der Waals surface area contributed by atoms with E-state index in [2.05, 4.69) is 9.64 Å². The number of alkyl halides is 3. The molecule has 2 aliphatic heterocycles. The molecule has 2 heterocycles. The number of phenols is 1. The van der Waals surface area contributed by atoms with Crippen molar-refractivity contribution in [2.45, 2.75) is 48.4 Å². The monoisotopic (exact) mass is 528 g/mol. The largest absolute Gasteiger partial charge is 0.573 e. The number of nitrogens with zero attached hydrogens (tertiary/aromatic N) is 2. The van der Waals surface area contributed by atoms with E-state index < -0.39 is 35.4 Å². The molecule has 7 nitrogen and oxygen atoms in total. The molecule has 1 saturated heterocycles. The third kappa shape index (κ3) is 3.46. The molecule has 0 radical (unpaired) electrons. The van der Waals surface area contributed by atoms with Crippen molar-refractivity contribution in [1.82, 2.24) is 9.80 Å². The molecule has 2 bridgehead atoms. The molecule has 2 N–H and O–H groups in total. The number of hydrogen-bond donors (Lipinski definition) is 2. The minimum absolute atomic E-state index is 0.000774. The Morgan fingerprint density at radius 3 is 2.84 bits per heavy atom. The number of piperidine rings is 1. The number of aliphatic hydroxyl groups is 1. The maximum atomic E-state index is 13.2. The Bertz CT molecular complexity index is 1370. The van der Waals surface area contributed by atoms with E-state index >= 15 is 0 Å². The van der Waals surface area contributed by atoms with Crippen LogP contribution in [0.5, 0.6) is 17.2 Å². The summed E-state index contributed by atoms with van der Waals surface area (Å²) in [5, 5.41) is 22.8. The lowest BCUT2D eigenvalue weighted by Gasteiger charge is -2.62. The van der Waals surface area contributed by atoms with E-state index in [0.717, 1.165) is 17.7 Å². The number of rotatable bonds is 4. The second-order valence-electron chi connectivity index (χ2n) is 10.5. The molecule has 5 atom stereocenters. The fourth-order valence-corrected chi connectivity index (χ4v) is 6.86. The Hall–Kier alpha value is -3.50. The zero-order valence-corrected chi connectivity index (χ0v) is 20.8. The van der Waals surface area contributed by atoms with Crippen LogP contribution >= 0.6 is 0 Å². The molecule has 6 rings (SSSR count). The van der Waals surface area contributed by atoms with Gasteiger partial charge in [0.1, 0.15) is 17.5 Å². The van der Waals surface area contributed by atoms with Crippen LogP contribution in [0.25, 0.3) is 6.08 Å². The van der Waals surface area contributed by atoms with Crippen molar-refractivity contribution >= 4 is 12.0 Å². The van der Waals surface area contributed by atoms with Crippen LogP contribution in [0.2, 0.25) is 0 Å². The summed E-state index contributed by atoms with van der Waals surface area (Å²) in [6, 6.07) is 8.10. The van der Waals surface area contributed by atoms with E-state index in [-0.39, 0.29) is 17.5 Å². The number of likely N-dealkylation sites (N-methyl/N-ethyl adjacent to an activating group) is 2. The van der Waals surface area contributed by atoms with Crippen molar-refractivity contribution in [2.75, 3.05) is 20.6 Å². The van der Waals surface area contributed by atoms with Crippen LogP contribution in [-0.2, 0) is 16.6 Å². The number of carbonyl (C=O) groups excluding carboxylic acids is 1. The van der Waals surface area contributed by atoms with Gasteiger partial charge in [0.05, 0.1) is 11.5 Å². The molecule has 10 heteroatoms. The summed E-state index contributed by atoms with van der Waals surface area (Å²) in [6.07, 6.45) is 2.00. The standard InChI is InChI=1S/C28H27F3N2O5/c1-32-13-12-26-23-17-7-8-20(34)24(23)37-25(26)19(10-11-27(26,36)21(32)15-17)33(2)22(35)9-6-16-4-3-5-18(14-16)38-28(29,30)31/h3-11,14,19,21,25,34,36H,12-13,15H2,1-2H3/t19-,21-,25+,26+,27-/m1/s1. The molecule has 2 aliphatic carbocycles. The predicted molar refractivity (Wildman–Crippen MR) is 132 cm³/mol. The van der Waals surface area contributed by atoms with Crippen LogP contribution in [-0.4, -0.2) is 76.7 Å². The zero-order chi connectivity index (χ0) is 27.0. The van der Waals surface area contributed by atoms with E-state index in [0.29, 0.717) is 24.2 Å². The maximum absolute atomic E-state index is 13.2. The highest BCUT2D eigenvalue weighted by Crippen LogP contribution is 2.64. The Morgan fingerprint density at radius 1 is 1.29 bits per heavy atom. The van der Waals surface area contributed by atoms with Gasteiger partial charge < -0.3 is 24.6 Å². The number of benzene rings is 2. The van der Waals surface area contributed by atoms with Gasteiger partial charge in [-0.1, -0.05) is 30.4 Å². The number of aromatic hydroxyl groups is 1. The van der Waals surface area contributed by atoms with Crippen LogP contribution in [0.4, 0.5) is 13.2 Å². The quantitative estimate of drug-likeness (QED) is 0.468. The van der Waals surface area contributed by atoms with Gasteiger partial charge in [0.2, 0.25) is 5.91 Å². The van der Waals surface area contributed by atoms with Gasteiger partial charge >= 0.3 is 6.36 Å². The van der Waals surface area contributed by atoms with E-state index in [9.17, 15) is 28.2 Å². The Balaban J connectivity index is 1.32. The van der Waals surface area contributed by atoms with E-state index in [4.69, 9.17) is 4.74 Å². The number of likely N-dealkylation sites (tertiary alicyclic amines) is 1. The number of ether oxygens (including phenoxy) is 2. The minimum atomic E-state index is -4.81. The summed E-state index contributed by atoms with van der Waals surface area (Å²) in [7, 11) is 3.61. The Kier molecular flexibility index (Phi) is 5.39. The molecule has 4 aliphatic rings. The topological polar surface area (TPSA) is 82.5 Å². The third-order valence-corrected chi connectivity index (χ3v) is 8.59. The Labute approximate surface area is 217 Å². The molecule has 38 heavy (non-hydrogen) atoms. The van der Waals surface area contributed by atoms with Crippen LogP contribution < -0.4 is 9.47 Å². The van der Waals surface area contributed by atoms with Gasteiger partial charge in [-0.2, -0.15) is 0 Å². The second-order valence-corrected chi connectivity index (χ2v) is 10.5. The number of phenolic OH excluding ortho intramolecular Hbond substituents is 1. The number of hydrogen-bond acceptors (Lipinski definition) is 6. The number of carbonyl (C=O) groups is 1. The minimum Gasteiger partial charge on any atom is -0.504 e. The SMILES string of the molecule is CN1CC[C@]23c4c5ccc(O)c4O[C@H]2[C@H](N(C)C(=O)C=Cc2cccc(OC(F)(F)F)c2)C=C[C@@]3(O)[C@H]1C5. The van der Waals surface area contributed by atoms with E-state index in [1.165, 1.54) is 35.3 Å². The summed E-state index contributed by atoms with van der Waals surface area (Å²) < 4.78 is 48.1. The van der Waals surface area contributed by atoms with Crippen molar-refractivity contribution in [1.29, 1.82) is 0 Å². The fourth-order valence-electron chi connectivity index (χ4n) is 6.86. The first-order valence-corrected chi connectivity index (χ1v) is 12.4. The lowest BCUT2D eigenvalue weighted by molar-refractivity contribution is -0.274. The van der Waals surface area contributed by atoms with Crippen LogP contribution in [0.15, 0.2) is 54.6 Å². The van der Waals surface area contributed by atoms with Crippen LogP contribution in [0, 0.1) is 0 Å². The lowest BCUT2D eigenvalue weighted by atomic mass is 9.50. The molecule has 1 amide bonds. The van der Waals surface area contributed by atoms with Crippen molar-refractivity contribution in [3.63, 3.8) is 0 Å². The molecule has 0 unspecified atom stereocenters. The smallest absolute Gasteiger partial charge is 0.504 e.